The highest BCUT2D eigenvalue weighted by atomic mass is 16.3. The minimum absolute atomic E-state index is 0.0321. The van der Waals surface area contributed by atoms with Crippen LogP contribution in [0.4, 0.5) is 0 Å². The summed E-state index contributed by atoms with van der Waals surface area (Å²) in [6, 6.07) is 17.1. The zero-order valence-electron chi connectivity index (χ0n) is 13.1. The first-order valence-corrected chi connectivity index (χ1v) is 7.93. The zero-order chi connectivity index (χ0) is 16.3. The molecule has 1 fully saturated rings. The maximum Gasteiger partial charge on any atom is 0.253 e. The molecule has 1 aliphatic rings. The third kappa shape index (κ3) is 3.06. The van der Waals surface area contributed by atoms with Crippen molar-refractivity contribution in [2.45, 2.75) is 18.4 Å². The van der Waals surface area contributed by atoms with E-state index in [1.807, 2.05) is 59.5 Å². The van der Waals surface area contributed by atoms with Gasteiger partial charge < -0.3 is 10.0 Å². The summed E-state index contributed by atoms with van der Waals surface area (Å²) in [6.07, 6.45) is 2.85. The smallest absolute Gasteiger partial charge is 0.253 e. The van der Waals surface area contributed by atoms with Gasteiger partial charge in [-0.1, -0.05) is 55.1 Å². The van der Waals surface area contributed by atoms with Crippen LogP contribution in [-0.2, 0) is 5.60 Å². The average Bonchev–Trinajstić information content (AvgIpc) is 2.62. The lowest BCUT2D eigenvalue weighted by molar-refractivity contribution is -0.0212. The molecule has 3 nitrogen and oxygen atoms in total. The van der Waals surface area contributed by atoms with Crippen LogP contribution in [-0.4, -0.2) is 29.0 Å². The van der Waals surface area contributed by atoms with Gasteiger partial charge in [-0.05, 0) is 36.1 Å². The van der Waals surface area contributed by atoms with E-state index in [1.165, 1.54) is 0 Å². The summed E-state index contributed by atoms with van der Waals surface area (Å²) in [6.45, 7) is 4.93. The number of nitrogens with zero attached hydrogens (tertiary/aromatic N) is 1. The molecule has 1 N–H and O–H groups in total. The van der Waals surface area contributed by atoms with Crippen LogP contribution in [0.2, 0.25) is 0 Å². The molecule has 3 heteroatoms. The third-order valence-electron chi connectivity index (χ3n) is 4.58. The first kappa shape index (κ1) is 15.5. The van der Waals surface area contributed by atoms with Gasteiger partial charge in [0.1, 0.15) is 0 Å². The summed E-state index contributed by atoms with van der Waals surface area (Å²) in [7, 11) is 0. The number of carbonyl (C=O) groups excluding carboxylic acids is 1. The standard InChI is InChI=1S/C20H21NO2/c1-2-16-8-6-7-11-18(16)20(23)12-14-21(15-13-20)19(22)17-9-4-3-5-10-17/h2-11,23H,1,12-15H2. The molecule has 0 spiro atoms. The molecule has 0 radical (unpaired) electrons. The van der Waals surface area contributed by atoms with Crippen LogP contribution < -0.4 is 0 Å². The molecule has 0 aromatic heterocycles. The van der Waals surface area contributed by atoms with E-state index in [2.05, 4.69) is 6.58 Å². The lowest BCUT2D eigenvalue weighted by atomic mass is 9.82. The van der Waals surface area contributed by atoms with Crippen LogP contribution >= 0.6 is 0 Å². The van der Waals surface area contributed by atoms with Crippen molar-refractivity contribution in [3.8, 4) is 0 Å². The Labute approximate surface area is 136 Å². The molecule has 2 aromatic rings. The molecular weight excluding hydrogens is 286 g/mol. The molecule has 0 saturated carbocycles. The van der Waals surface area contributed by atoms with Crippen LogP contribution in [0.5, 0.6) is 0 Å². The maximum atomic E-state index is 12.5. The Hall–Kier alpha value is -2.39. The Morgan fingerprint density at radius 2 is 1.65 bits per heavy atom. The van der Waals surface area contributed by atoms with Crippen molar-refractivity contribution in [2.24, 2.45) is 0 Å². The first-order valence-electron chi connectivity index (χ1n) is 7.93. The summed E-state index contributed by atoms with van der Waals surface area (Å²) in [4.78, 5) is 14.3. The summed E-state index contributed by atoms with van der Waals surface area (Å²) >= 11 is 0. The van der Waals surface area contributed by atoms with Crippen molar-refractivity contribution < 1.29 is 9.90 Å². The zero-order valence-corrected chi connectivity index (χ0v) is 13.1. The number of amides is 1. The van der Waals surface area contributed by atoms with Crippen molar-refractivity contribution in [3.05, 3.63) is 77.9 Å². The molecular formula is C20H21NO2. The third-order valence-corrected chi connectivity index (χ3v) is 4.58. The van der Waals surface area contributed by atoms with Crippen molar-refractivity contribution in [1.29, 1.82) is 0 Å². The molecule has 0 atom stereocenters. The Morgan fingerprint density at radius 1 is 1.04 bits per heavy atom. The lowest BCUT2D eigenvalue weighted by Gasteiger charge is -2.39. The lowest BCUT2D eigenvalue weighted by Crippen LogP contribution is -2.45. The van der Waals surface area contributed by atoms with Gasteiger partial charge in [0, 0.05) is 18.7 Å². The minimum Gasteiger partial charge on any atom is -0.385 e. The van der Waals surface area contributed by atoms with Gasteiger partial charge in [-0.25, -0.2) is 0 Å². The number of carbonyl (C=O) groups is 1. The number of hydrogen-bond acceptors (Lipinski definition) is 2. The highest BCUT2D eigenvalue weighted by Gasteiger charge is 2.36. The van der Waals surface area contributed by atoms with Crippen LogP contribution in [0.25, 0.3) is 6.08 Å². The van der Waals surface area contributed by atoms with Gasteiger partial charge in [-0.3, -0.25) is 4.79 Å². The van der Waals surface area contributed by atoms with Gasteiger partial charge in [-0.15, -0.1) is 0 Å². The quantitative estimate of drug-likeness (QED) is 0.943. The number of hydrogen-bond donors (Lipinski definition) is 1. The van der Waals surface area contributed by atoms with Gasteiger partial charge in [0.05, 0.1) is 5.60 Å². The summed E-state index contributed by atoms with van der Waals surface area (Å²) in [5.41, 5.74) is 1.67. The molecule has 23 heavy (non-hydrogen) atoms. The minimum atomic E-state index is -0.891. The highest BCUT2D eigenvalue weighted by Crippen LogP contribution is 2.35. The second kappa shape index (κ2) is 6.39. The van der Waals surface area contributed by atoms with E-state index < -0.39 is 5.60 Å². The topological polar surface area (TPSA) is 40.5 Å². The van der Waals surface area contributed by atoms with E-state index in [0.29, 0.717) is 31.5 Å². The molecule has 0 aliphatic carbocycles. The molecule has 1 aliphatic heterocycles. The fourth-order valence-corrected chi connectivity index (χ4v) is 3.21. The van der Waals surface area contributed by atoms with Crippen LogP contribution in [0.15, 0.2) is 61.2 Å². The van der Waals surface area contributed by atoms with Crippen molar-refractivity contribution >= 4 is 12.0 Å². The Bertz CT molecular complexity index is 701. The second-order valence-corrected chi connectivity index (χ2v) is 5.98. The Morgan fingerprint density at radius 3 is 2.30 bits per heavy atom. The van der Waals surface area contributed by atoms with Crippen molar-refractivity contribution in [3.63, 3.8) is 0 Å². The highest BCUT2D eigenvalue weighted by molar-refractivity contribution is 5.94. The Balaban J connectivity index is 1.75. The van der Waals surface area contributed by atoms with Gasteiger partial charge in [0.25, 0.3) is 5.91 Å². The molecule has 3 rings (SSSR count). The largest absolute Gasteiger partial charge is 0.385 e. The van der Waals surface area contributed by atoms with Crippen molar-refractivity contribution in [1.82, 2.24) is 4.90 Å². The van der Waals surface area contributed by atoms with Gasteiger partial charge in [-0.2, -0.15) is 0 Å². The normalized spacial score (nSPS) is 16.8. The van der Waals surface area contributed by atoms with E-state index in [9.17, 15) is 9.90 Å². The predicted octanol–water partition coefficient (Wildman–Crippen LogP) is 3.45. The van der Waals surface area contributed by atoms with Gasteiger partial charge in [0.2, 0.25) is 0 Å². The van der Waals surface area contributed by atoms with Crippen LogP contribution in [0.1, 0.15) is 34.3 Å². The molecule has 0 unspecified atom stereocenters. The predicted molar refractivity (Wildman–Crippen MR) is 92.0 cm³/mol. The Kier molecular flexibility index (Phi) is 4.30. The van der Waals surface area contributed by atoms with Gasteiger partial charge in [0.15, 0.2) is 0 Å². The fraction of sp³-hybridized carbons (Fsp3) is 0.250. The summed E-state index contributed by atoms with van der Waals surface area (Å²) in [5, 5.41) is 11.0. The number of likely N-dealkylation sites (tertiary alicyclic amines) is 1. The number of piperidine rings is 1. The van der Waals surface area contributed by atoms with Crippen LogP contribution in [0, 0.1) is 0 Å². The van der Waals surface area contributed by atoms with E-state index in [-0.39, 0.29) is 5.91 Å². The maximum absolute atomic E-state index is 12.5. The molecule has 0 bridgehead atoms. The fourth-order valence-electron chi connectivity index (χ4n) is 3.21. The number of rotatable bonds is 3. The molecule has 1 heterocycles. The molecule has 1 saturated heterocycles. The summed E-state index contributed by atoms with van der Waals surface area (Å²) in [5.74, 6) is 0.0321. The number of aliphatic hydroxyl groups is 1. The average molecular weight is 307 g/mol. The first-order chi connectivity index (χ1) is 11.1. The summed E-state index contributed by atoms with van der Waals surface area (Å²) < 4.78 is 0. The van der Waals surface area contributed by atoms with Crippen LogP contribution in [0.3, 0.4) is 0 Å². The monoisotopic (exact) mass is 307 g/mol. The van der Waals surface area contributed by atoms with Gasteiger partial charge >= 0.3 is 0 Å². The van der Waals surface area contributed by atoms with E-state index in [0.717, 1.165) is 11.1 Å². The SMILES string of the molecule is C=Cc1ccccc1C1(O)CCN(C(=O)c2ccccc2)CC1. The molecule has 1 amide bonds. The van der Waals surface area contributed by atoms with E-state index in [4.69, 9.17) is 0 Å². The molecule has 118 valence electrons. The van der Waals surface area contributed by atoms with Crippen molar-refractivity contribution in [2.75, 3.05) is 13.1 Å². The number of benzene rings is 2. The second-order valence-electron chi connectivity index (χ2n) is 5.98. The van der Waals surface area contributed by atoms with E-state index in [1.54, 1.807) is 6.08 Å². The molecule has 2 aromatic carbocycles. The van der Waals surface area contributed by atoms with E-state index >= 15 is 0 Å².